The first-order valence-corrected chi connectivity index (χ1v) is 8.23. The van der Waals surface area contributed by atoms with E-state index in [-0.39, 0.29) is 0 Å². The normalized spacial score (nSPS) is 25.0. The van der Waals surface area contributed by atoms with Crippen LogP contribution >= 0.6 is 11.8 Å². The van der Waals surface area contributed by atoms with Crippen molar-refractivity contribution in [2.24, 2.45) is 0 Å². The number of aliphatic hydroxyl groups excluding tert-OH is 1. The lowest BCUT2D eigenvalue weighted by atomic mass is 9.93. The summed E-state index contributed by atoms with van der Waals surface area (Å²) >= 11 is 0.590. The van der Waals surface area contributed by atoms with Crippen molar-refractivity contribution in [3.63, 3.8) is 0 Å². The molecule has 1 aliphatic heterocycles. The highest BCUT2D eigenvalue weighted by molar-refractivity contribution is 8.17. The monoisotopic (exact) mass is 338 g/mol. The van der Waals surface area contributed by atoms with Crippen LogP contribution in [0.1, 0.15) is 58.8 Å². The number of carbonyl (C=O) groups is 2. The van der Waals surface area contributed by atoms with Gasteiger partial charge in [-0.3, -0.25) is 9.59 Å². The van der Waals surface area contributed by atoms with Crippen LogP contribution in [0, 0.1) is 0 Å². The van der Waals surface area contributed by atoms with Crippen molar-refractivity contribution in [2.45, 2.75) is 69.7 Å². The molecule has 1 unspecified atom stereocenters. The lowest BCUT2D eigenvalue weighted by molar-refractivity contribution is -0.130. The maximum atomic E-state index is 12.5. The van der Waals surface area contributed by atoms with Crippen LogP contribution in [-0.2, 0) is 9.59 Å². The number of Topliss-reactive ketones (excluding diaryl/α,β-unsaturated/α-hetero) is 1. The maximum Gasteiger partial charge on any atom is 0.449 e. The van der Waals surface area contributed by atoms with Crippen LogP contribution in [0.15, 0.2) is 11.3 Å². The Morgan fingerprint density at radius 2 is 1.68 bits per heavy atom. The molecule has 126 valence electrons. The summed E-state index contributed by atoms with van der Waals surface area (Å²) in [4.78, 5) is 23.8. The van der Waals surface area contributed by atoms with Gasteiger partial charge in [-0.05, 0) is 13.3 Å². The molecule has 0 aromatic heterocycles. The van der Waals surface area contributed by atoms with Gasteiger partial charge in [-0.2, -0.15) is 13.2 Å². The number of carbonyl (C=O) groups excluding carboxylic acids is 2. The summed E-state index contributed by atoms with van der Waals surface area (Å²) in [5, 5.41) is 8.13. The summed E-state index contributed by atoms with van der Waals surface area (Å²) in [5.41, 5.74) is -1.11. The molecule has 0 spiro atoms. The van der Waals surface area contributed by atoms with Gasteiger partial charge in [0.05, 0.1) is 4.75 Å². The molecule has 22 heavy (non-hydrogen) atoms. The number of hydrogen-bond donors (Lipinski definition) is 1. The summed E-state index contributed by atoms with van der Waals surface area (Å²) in [6, 6.07) is 0. The van der Waals surface area contributed by atoms with Gasteiger partial charge in [0.15, 0.2) is 5.78 Å². The van der Waals surface area contributed by atoms with Gasteiger partial charge < -0.3 is 5.11 Å². The third-order valence-corrected chi connectivity index (χ3v) is 4.97. The molecule has 0 bridgehead atoms. The first-order chi connectivity index (χ1) is 10.1. The van der Waals surface area contributed by atoms with Gasteiger partial charge in [-0.1, -0.05) is 57.2 Å². The maximum absolute atomic E-state index is 12.5. The quantitative estimate of drug-likeness (QED) is 0.316. The smallest absolute Gasteiger partial charge is 0.449 e. The van der Waals surface area contributed by atoms with Crippen molar-refractivity contribution in [3.8, 4) is 0 Å². The molecule has 0 aliphatic carbocycles. The van der Waals surface area contributed by atoms with Crippen LogP contribution in [0.3, 0.4) is 0 Å². The van der Waals surface area contributed by atoms with Crippen molar-refractivity contribution in [2.75, 3.05) is 0 Å². The van der Waals surface area contributed by atoms with Gasteiger partial charge >= 0.3 is 6.18 Å². The Morgan fingerprint density at radius 1 is 1.14 bits per heavy atom. The van der Waals surface area contributed by atoms with Crippen LogP contribution in [-0.4, -0.2) is 26.9 Å². The Balaban J connectivity index is 2.70. The fourth-order valence-corrected chi connectivity index (χ4v) is 3.55. The number of halogens is 3. The molecular weight excluding hydrogens is 317 g/mol. The predicted molar refractivity (Wildman–Crippen MR) is 79.7 cm³/mol. The highest BCUT2D eigenvalue weighted by atomic mass is 32.2. The van der Waals surface area contributed by atoms with Gasteiger partial charge in [0.25, 0.3) is 0 Å². The Kier molecular flexibility index (Phi) is 6.52. The molecule has 0 aromatic rings. The number of alkyl halides is 3. The van der Waals surface area contributed by atoms with E-state index in [1.165, 1.54) is 6.92 Å². The van der Waals surface area contributed by atoms with Crippen molar-refractivity contribution < 1.29 is 27.9 Å². The van der Waals surface area contributed by atoms with E-state index < -0.39 is 33.2 Å². The van der Waals surface area contributed by atoms with E-state index in [1.807, 2.05) is 0 Å². The highest BCUT2D eigenvalue weighted by Gasteiger charge is 2.52. The average molecular weight is 338 g/mol. The predicted octanol–water partition coefficient (Wildman–Crippen LogP) is 4.71. The van der Waals surface area contributed by atoms with Crippen molar-refractivity contribution >= 4 is 22.7 Å². The topological polar surface area (TPSA) is 54.4 Å². The standard InChI is InChI=1S/C15H21F3O3S/c1-3-4-5-6-7-8-9-14(2)11(19)10(13(21)22-14)12(20)15(16,17)18/h20H,3-9H2,1-2H3/b12-10+. The van der Waals surface area contributed by atoms with E-state index in [1.54, 1.807) is 0 Å². The van der Waals surface area contributed by atoms with Gasteiger partial charge in [0.1, 0.15) is 5.57 Å². The van der Waals surface area contributed by atoms with E-state index in [0.717, 1.165) is 32.1 Å². The molecular formula is C15H21F3O3S. The fraction of sp³-hybridized carbons (Fsp3) is 0.733. The van der Waals surface area contributed by atoms with Crippen LogP contribution in [0.2, 0.25) is 0 Å². The average Bonchev–Trinajstić information content (AvgIpc) is 2.63. The number of thioether (sulfide) groups is 1. The largest absolute Gasteiger partial charge is 0.504 e. The number of rotatable bonds is 7. The van der Waals surface area contributed by atoms with Crippen molar-refractivity contribution in [1.82, 2.24) is 0 Å². The van der Waals surface area contributed by atoms with Gasteiger partial charge in [0.2, 0.25) is 10.9 Å². The first kappa shape index (κ1) is 19.1. The lowest BCUT2D eigenvalue weighted by Crippen LogP contribution is -2.29. The minimum absolute atomic E-state index is 0.336. The molecule has 1 atom stereocenters. The Labute approximate surface area is 132 Å². The molecule has 0 saturated carbocycles. The third kappa shape index (κ3) is 4.51. The molecule has 0 amide bonds. The van der Waals surface area contributed by atoms with Gasteiger partial charge in [-0.25, -0.2) is 0 Å². The van der Waals surface area contributed by atoms with E-state index in [2.05, 4.69) is 6.92 Å². The number of hydrogen-bond acceptors (Lipinski definition) is 4. The van der Waals surface area contributed by atoms with Crippen molar-refractivity contribution in [1.29, 1.82) is 0 Å². The molecule has 1 heterocycles. The fourth-order valence-electron chi connectivity index (χ4n) is 2.41. The summed E-state index contributed by atoms with van der Waals surface area (Å²) < 4.78 is 36.3. The van der Waals surface area contributed by atoms with E-state index in [4.69, 9.17) is 5.11 Å². The van der Waals surface area contributed by atoms with Gasteiger partial charge in [0, 0.05) is 0 Å². The minimum Gasteiger partial charge on any atom is -0.504 e. The zero-order chi connectivity index (χ0) is 17.0. The van der Waals surface area contributed by atoms with Crippen LogP contribution < -0.4 is 0 Å². The molecule has 1 fully saturated rings. The summed E-state index contributed by atoms with van der Waals surface area (Å²) in [7, 11) is 0. The van der Waals surface area contributed by atoms with E-state index in [9.17, 15) is 22.8 Å². The van der Waals surface area contributed by atoms with E-state index >= 15 is 0 Å². The second-order valence-electron chi connectivity index (χ2n) is 5.69. The van der Waals surface area contributed by atoms with Crippen LogP contribution in [0.25, 0.3) is 0 Å². The molecule has 7 heteroatoms. The minimum atomic E-state index is -5.08. The molecule has 0 radical (unpaired) electrons. The summed E-state index contributed by atoms with van der Waals surface area (Å²) in [6.45, 7) is 3.57. The zero-order valence-electron chi connectivity index (χ0n) is 12.8. The van der Waals surface area contributed by atoms with Gasteiger partial charge in [-0.15, -0.1) is 0 Å². The second-order valence-corrected chi connectivity index (χ2v) is 7.16. The van der Waals surface area contributed by atoms with E-state index in [0.29, 0.717) is 24.6 Å². The zero-order valence-corrected chi connectivity index (χ0v) is 13.6. The Morgan fingerprint density at radius 3 is 2.23 bits per heavy atom. The van der Waals surface area contributed by atoms with Crippen molar-refractivity contribution in [3.05, 3.63) is 11.3 Å². The lowest BCUT2D eigenvalue weighted by Gasteiger charge is -2.19. The van der Waals surface area contributed by atoms with Crippen LogP contribution in [0.5, 0.6) is 0 Å². The SMILES string of the molecule is CCCCCCCCC1(C)SC(=O)/C(=C(/O)C(F)(F)F)C1=O. The molecule has 1 saturated heterocycles. The molecule has 1 N–H and O–H groups in total. The second kappa shape index (κ2) is 7.53. The molecule has 1 aliphatic rings. The number of aliphatic hydroxyl groups is 1. The molecule has 3 nitrogen and oxygen atoms in total. The Bertz CT molecular complexity index is 471. The highest BCUT2D eigenvalue weighted by Crippen LogP contribution is 2.45. The summed E-state index contributed by atoms with van der Waals surface area (Å²) in [5.74, 6) is -2.98. The molecule has 0 aromatic carbocycles. The van der Waals surface area contributed by atoms with Crippen LogP contribution in [0.4, 0.5) is 13.2 Å². The summed E-state index contributed by atoms with van der Waals surface area (Å²) in [6.07, 6.45) is 1.16. The first-order valence-electron chi connectivity index (χ1n) is 7.42. The third-order valence-electron chi connectivity index (χ3n) is 3.74. The Hall–Kier alpha value is -0.980. The molecule has 1 rings (SSSR count). The number of unbranched alkanes of at least 4 members (excludes halogenated alkanes) is 5. The number of allylic oxidation sites excluding steroid dienone is 1. The number of ketones is 1.